The number of benzene rings is 1. The molecular weight excluding hydrogens is 422 g/mol. The quantitative estimate of drug-likeness (QED) is 0.624. The summed E-state index contributed by atoms with van der Waals surface area (Å²) in [6.07, 6.45) is 3.32. The number of aromatic amines is 1. The molecule has 2 atom stereocenters. The standard InChI is InChI=1S/C22H24ClN3O5/c1-4-31-22(28)20-16(11-30-12-17-24-9-10-25-17)26-13(2)18(21(27)29-3)19(20)14-7-5-6-8-15(14)23/h5-10,18-19H,4,11-12H2,1-3H3,(H,24,25). The number of rotatable bonds is 8. The first kappa shape index (κ1) is 22.7. The van der Waals surface area contributed by atoms with Crippen molar-refractivity contribution in [2.45, 2.75) is 26.4 Å². The molecule has 1 aliphatic heterocycles. The van der Waals surface area contributed by atoms with Crippen LogP contribution in [0.1, 0.15) is 31.2 Å². The van der Waals surface area contributed by atoms with E-state index >= 15 is 0 Å². The van der Waals surface area contributed by atoms with Gasteiger partial charge in [-0.25, -0.2) is 9.78 Å². The van der Waals surface area contributed by atoms with Crippen LogP contribution in [-0.4, -0.2) is 47.9 Å². The minimum Gasteiger partial charge on any atom is -0.468 e. The fourth-order valence-corrected chi connectivity index (χ4v) is 3.86. The SMILES string of the molecule is CCOC(=O)C1=C(COCc2ncc[nH]2)N=C(C)C(C(=O)OC)C1c1ccccc1Cl. The van der Waals surface area contributed by atoms with Crippen molar-refractivity contribution in [1.29, 1.82) is 0 Å². The van der Waals surface area contributed by atoms with E-state index < -0.39 is 23.8 Å². The van der Waals surface area contributed by atoms with Crippen molar-refractivity contribution >= 4 is 29.3 Å². The van der Waals surface area contributed by atoms with E-state index in [4.69, 9.17) is 25.8 Å². The zero-order chi connectivity index (χ0) is 22.4. The first-order valence-electron chi connectivity index (χ1n) is 9.81. The van der Waals surface area contributed by atoms with Crippen LogP contribution in [0.15, 0.2) is 52.9 Å². The number of carbonyl (C=O) groups is 2. The monoisotopic (exact) mass is 445 g/mol. The summed E-state index contributed by atoms with van der Waals surface area (Å²) in [5.74, 6) is -1.99. The largest absolute Gasteiger partial charge is 0.468 e. The van der Waals surface area contributed by atoms with Gasteiger partial charge in [0, 0.05) is 29.0 Å². The van der Waals surface area contributed by atoms with Crippen molar-refractivity contribution in [1.82, 2.24) is 9.97 Å². The second-order valence-corrected chi connectivity index (χ2v) is 7.27. The van der Waals surface area contributed by atoms with Crippen LogP contribution in [-0.2, 0) is 30.4 Å². The highest BCUT2D eigenvalue weighted by Gasteiger charge is 2.43. The third kappa shape index (κ3) is 5.03. The van der Waals surface area contributed by atoms with Gasteiger partial charge >= 0.3 is 11.9 Å². The number of aromatic nitrogens is 2. The van der Waals surface area contributed by atoms with Crippen molar-refractivity contribution < 1.29 is 23.8 Å². The summed E-state index contributed by atoms with van der Waals surface area (Å²) in [5, 5.41) is 0.425. The summed E-state index contributed by atoms with van der Waals surface area (Å²) < 4.78 is 16.1. The van der Waals surface area contributed by atoms with E-state index in [1.165, 1.54) is 7.11 Å². The van der Waals surface area contributed by atoms with Crippen molar-refractivity contribution in [3.8, 4) is 0 Å². The third-order valence-corrected chi connectivity index (χ3v) is 5.28. The fraction of sp³-hybridized carbons (Fsp3) is 0.364. The van der Waals surface area contributed by atoms with E-state index in [2.05, 4.69) is 15.0 Å². The smallest absolute Gasteiger partial charge is 0.336 e. The minimum absolute atomic E-state index is 0.0288. The molecule has 3 rings (SSSR count). The van der Waals surface area contributed by atoms with E-state index in [1.807, 2.05) is 0 Å². The number of ether oxygens (including phenoxy) is 3. The number of hydrogen-bond acceptors (Lipinski definition) is 7. The summed E-state index contributed by atoms with van der Waals surface area (Å²) in [7, 11) is 1.30. The Morgan fingerprint density at radius 1 is 1.23 bits per heavy atom. The van der Waals surface area contributed by atoms with Gasteiger partial charge in [0.15, 0.2) is 0 Å². The number of methoxy groups -OCH3 is 1. The number of halogens is 1. The van der Waals surface area contributed by atoms with Gasteiger partial charge < -0.3 is 19.2 Å². The predicted molar refractivity (Wildman–Crippen MR) is 115 cm³/mol. The molecule has 0 aliphatic carbocycles. The molecule has 1 N–H and O–H groups in total. The Balaban J connectivity index is 2.08. The highest BCUT2D eigenvalue weighted by molar-refractivity contribution is 6.31. The van der Waals surface area contributed by atoms with Gasteiger partial charge in [0.1, 0.15) is 18.3 Å². The molecule has 2 unspecified atom stereocenters. The van der Waals surface area contributed by atoms with Crippen LogP contribution in [0.25, 0.3) is 0 Å². The highest BCUT2D eigenvalue weighted by Crippen LogP contribution is 2.42. The Hall–Kier alpha value is -2.97. The molecule has 1 aliphatic rings. The molecule has 1 aromatic carbocycles. The van der Waals surface area contributed by atoms with Crippen molar-refractivity contribution in [2.75, 3.05) is 20.3 Å². The van der Waals surface area contributed by atoms with Gasteiger partial charge in [-0.3, -0.25) is 9.79 Å². The Labute approximate surface area is 185 Å². The molecule has 0 saturated carbocycles. The Morgan fingerprint density at radius 3 is 2.65 bits per heavy atom. The van der Waals surface area contributed by atoms with Crippen molar-refractivity contribution in [3.05, 3.63) is 64.3 Å². The van der Waals surface area contributed by atoms with E-state index in [0.29, 0.717) is 27.8 Å². The van der Waals surface area contributed by atoms with E-state index in [0.717, 1.165) is 0 Å². The van der Waals surface area contributed by atoms with Gasteiger partial charge in [-0.05, 0) is 25.5 Å². The van der Waals surface area contributed by atoms with E-state index in [1.54, 1.807) is 50.5 Å². The average molecular weight is 446 g/mol. The van der Waals surface area contributed by atoms with Crippen LogP contribution in [0.3, 0.4) is 0 Å². The lowest BCUT2D eigenvalue weighted by molar-refractivity contribution is -0.144. The Morgan fingerprint density at radius 2 is 2.00 bits per heavy atom. The predicted octanol–water partition coefficient (Wildman–Crippen LogP) is 3.44. The van der Waals surface area contributed by atoms with Gasteiger partial charge in [0.25, 0.3) is 0 Å². The number of H-pyrrole nitrogens is 1. The lowest BCUT2D eigenvalue weighted by Gasteiger charge is -2.32. The number of hydrogen-bond donors (Lipinski definition) is 1. The molecule has 0 saturated heterocycles. The molecule has 31 heavy (non-hydrogen) atoms. The van der Waals surface area contributed by atoms with Crippen LogP contribution in [0.2, 0.25) is 5.02 Å². The summed E-state index contributed by atoms with van der Waals surface area (Å²) in [5.41, 5.74) is 1.73. The number of imidazole rings is 1. The average Bonchev–Trinajstić information content (AvgIpc) is 3.27. The van der Waals surface area contributed by atoms with Gasteiger partial charge in [-0.1, -0.05) is 29.8 Å². The molecule has 0 radical (unpaired) electrons. The molecule has 0 amide bonds. The highest BCUT2D eigenvalue weighted by atomic mass is 35.5. The zero-order valence-corrected chi connectivity index (χ0v) is 18.3. The van der Waals surface area contributed by atoms with Gasteiger partial charge in [-0.2, -0.15) is 0 Å². The molecule has 8 nitrogen and oxygen atoms in total. The topological polar surface area (TPSA) is 103 Å². The molecule has 0 bridgehead atoms. The summed E-state index contributed by atoms with van der Waals surface area (Å²) in [6, 6.07) is 7.07. The maximum atomic E-state index is 13.0. The Kier molecular flexibility index (Phi) is 7.59. The number of esters is 2. The summed E-state index contributed by atoms with van der Waals surface area (Å²) in [4.78, 5) is 37.4. The lowest BCUT2D eigenvalue weighted by Crippen LogP contribution is -2.37. The van der Waals surface area contributed by atoms with Crippen LogP contribution < -0.4 is 0 Å². The van der Waals surface area contributed by atoms with Crippen LogP contribution in [0, 0.1) is 5.92 Å². The number of nitrogens with one attached hydrogen (secondary N) is 1. The first-order chi connectivity index (χ1) is 15.0. The maximum absolute atomic E-state index is 13.0. The van der Waals surface area contributed by atoms with E-state index in [9.17, 15) is 9.59 Å². The molecule has 0 spiro atoms. The molecule has 164 valence electrons. The molecular formula is C22H24ClN3O5. The Bertz CT molecular complexity index is 1000. The summed E-state index contributed by atoms with van der Waals surface area (Å²) in [6.45, 7) is 3.84. The van der Waals surface area contributed by atoms with E-state index in [-0.39, 0.29) is 25.4 Å². The summed E-state index contributed by atoms with van der Waals surface area (Å²) >= 11 is 6.47. The first-order valence-corrected chi connectivity index (χ1v) is 10.2. The maximum Gasteiger partial charge on any atom is 0.336 e. The van der Waals surface area contributed by atoms with Gasteiger partial charge in [-0.15, -0.1) is 0 Å². The number of nitrogens with zero attached hydrogens (tertiary/aromatic N) is 2. The zero-order valence-electron chi connectivity index (χ0n) is 17.6. The molecule has 1 aromatic heterocycles. The third-order valence-electron chi connectivity index (χ3n) is 4.94. The van der Waals surface area contributed by atoms with Crippen molar-refractivity contribution in [3.63, 3.8) is 0 Å². The van der Waals surface area contributed by atoms with Crippen LogP contribution in [0.5, 0.6) is 0 Å². The number of carbonyl (C=O) groups excluding carboxylic acids is 2. The fourth-order valence-electron chi connectivity index (χ4n) is 3.61. The second-order valence-electron chi connectivity index (χ2n) is 6.86. The van der Waals surface area contributed by atoms with Crippen molar-refractivity contribution in [2.24, 2.45) is 10.9 Å². The van der Waals surface area contributed by atoms with Crippen LogP contribution >= 0.6 is 11.6 Å². The van der Waals surface area contributed by atoms with Crippen LogP contribution in [0.4, 0.5) is 0 Å². The molecule has 9 heteroatoms. The molecule has 2 heterocycles. The normalized spacial score (nSPS) is 18.5. The van der Waals surface area contributed by atoms with Gasteiger partial charge in [0.2, 0.25) is 0 Å². The molecule has 2 aromatic rings. The number of aliphatic imine (C=N–C) groups is 1. The minimum atomic E-state index is -0.821. The van der Waals surface area contributed by atoms with Gasteiger partial charge in [0.05, 0.1) is 31.6 Å². The molecule has 0 fully saturated rings. The lowest BCUT2D eigenvalue weighted by atomic mass is 9.75. The second kappa shape index (κ2) is 10.4.